The zero-order chi connectivity index (χ0) is 14.8. The lowest BCUT2D eigenvalue weighted by Gasteiger charge is -2.21. The van der Waals surface area contributed by atoms with Gasteiger partial charge in [0.15, 0.2) is 0 Å². The number of hydrogen-bond acceptors (Lipinski definition) is 5. The normalized spacial score (nSPS) is 11.8. The number of nitrogens with zero attached hydrogens (tertiary/aromatic N) is 2. The Kier molecular flexibility index (Phi) is 4.88. The van der Waals surface area contributed by atoms with E-state index in [2.05, 4.69) is 64.3 Å². The third-order valence-corrected chi connectivity index (χ3v) is 3.99. The van der Waals surface area contributed by atoms with Crippen LogP contribution in [0.1, 0.15) is 32.2 Å². The number of hydrogen-bond donors (Lipinski definition) is 1. The molecule has 6 heteroatoms. The predicted molar refractivity (Wildman–Crippen MR) is 83.9 cm³/mol. The molecule has 0 fully saturated rings. The van der Waals surface area contributed by atoms with E-state index in [1.165, 1.54) is 17.3 Å². The van der Waals surface area contributed by atoms with E-state index in [0.29, 0.717) is 11.1 Å². The second-order valence-corrected chi connectivity index (χ2v) is 7.45. The van der Waals surface area contributed by atoms with Gasteiger partial charge in [0.25, 0.3) is 5.22 Å². The van der Waals surface area contributed by atoms with Gasteiger partial charge in [-0.2, -0.15) is 0 Å². The molecule has 0 radical (unpaired) electrons. The van der Waals surface area contributed by atoms with E-state index in [1.807, 2.05) is 6.07 Å². The predicted octanol–water partition coefficient (Wildman–Crippen LogP) is 4.18. The molecule has 2 rings (SSSR count). The van der Waals surface area contributed by atoms with Crippen LogP contribution < -0.4 is 5.32 Å². The van der Waals surface area contributed by atoms with Crippen LogP contribution in [0.15, 0.2) is 37.2 Å². The van der Waals surface area contributed by atoms with Crippen LogP contribution in [0.3, 0.4) is 0 Å². The molecular formula is C14H18BrN3OS. The van der Waals surface area contributed by atoms with Crippen molar-refractivity contribution in [3.05, 3.63) is 34.1 Å². The number of aryl methyl sites for hydroxylation is 1. The Balaban J connectivity index is 2.19. The van der Waals surface area contributed by atoms with Crippen LogP contribution in [0.4, 0.5) is 0 Å². The summed E-state index contributed by atoms with van der Waals surface area (Å²) < 4.78 is 6.49. The average molecular weight is 356 g/mol. The summed E-state index contributed by atoms with van der Waals surface area (Å²) in [6.45, 7) is 9.04. The minimum absolute atomic E-state index is 0.0747. The molecule has 0 saturated carbocycles. The van der Waals surface area contributed by atoms with E-state index in [4.69, 9.17) is 4.42 Å². The third kappa shape index (κ3) is 4.61. The molecule has 0 atom stereocenters. The molecule has 0 bridgehead atoms. The van der Waals surface area contributed by atoms with Crippen molar-refractivity contribution >= 4 is 27.7 Å². The second kappa shape index (κ2) is 6.28. The first kappa shape index (κ1) is 15.5. The zero-order valence-corrected chi connectivity index (χ0v) is 14.4. The molecule has 0 amide bonds. The summed E-state index contributed by atoms with van der Waals surface area (Å²) in [5, 5.41) is 11.9. The molecule has 1 aromatic carbocycles. The molecule has 0 aliphatic rings. The first-order valence-electron chi connectivity index (χ1n) is 6.35. The van der Waals surface area contributed by atoms with Gasteiger partial charge in [-0.3, -0.25) is 0 Å². The van der Waals surface area contributed by atoms with Crippen LogP contribution >= 0.6 is 27.7 Å². The summed E-state index contributed by atoms with van der Waals surface area (Å²) >= 11 is 5.01. The molecular weight excluding hydrogens is 338 g/mol. The van der Waals surface area contributed by atoms with Crippen molar-refractivity contribution in [1.82, 2.24) is 15.5 Å². The number of aromatic nitrogens is 2. The summed E-state index contributed by atoms with van der Waals surface area (Å²) in [5.74, 6) is 0.582. The van der Waals surface area contributed by atoms with Crippen molar-refractivity contribution in [2.45, 2.75) is 49.9 Å². The van der Waals surface area contributed by atoms with Crippen molar-refractivity contribution in [3.63, 3.8) is 0 Å². The quantitative estimate of drug-likeness (QED) is 0.891. The van der Waals surface area contributed by atoms with Gasteiger partial charge < -0.3 is 9.73 Å². The van der Waals surface area contributed by atoms with Crippen LogP contribution in [-0.2, 0) is 6.54 Å². The van der Waals surface area contributed by atoms with Gasteiger partial charge in [0.1, 0.15) is 0 Å². The largest absolute Gasteiger partial charge is 0.416 e. The molecule has 1 N–H and O–H groups in total. The molecule has 2 aromatic rings. The maximum Gasteiger partial charge on any atom is 0.281 e. The Bertz CT molecular complexity index is 592. The maximum absolute atomic E-state index is 5.43. The molecule has 0 saturated heterocycles. The number of halogens is 1. The fraction of sp³-hybridized carbons (Fsp3) is 0.429. The van der Waals surface area contributed by atoms with E-state index in [-0.39, 0.29) is 5.54 Å². The van der Waals surface area contributed by atoms with Crippen LogP contribution in [0.2, 0.25) is 0 Å². The van der Waals surface area contributed by atoms with Crippen LogP contribution in [0.5, 0.6) is 0 Å². The molecule has 0 aliphatic heterocycles. The topological polar surface area (TPSA) is 51.0 Å². The first-order valence-corrected chi connectivity index (χ1v) is 7.96. The van der Waals surface area contributed by atoms with E-state index in [9.17, 15) is 0 Å². The highest BCUT2D eigenvalue weighted by Crippen LogP contribution is 2.31. The van der Waals surface area contributed by atoms with Crippen LogP contribution in [-0.4, -0.2) is 15.7 Å². The Morgan fingerprint density at radius 2 is 2.05 bits per heavy atom. The summed E-state index contributed by atoms with van der Waals surface area (Å²) in [4.78, 5) is 1.12. The van der Waals surface area contributed by atoms with Gasteiger partial charge in [-0.05, 0) is 56.3 Å². The van der Waals surface area contributed by atoms with Crippen molar-refractivity contribution in [1.29, 1.82) is 0 Å². The third-order valence-electron chi connectivity index (χ3n) is 2.54. The minimum atomic E-state index is 0.0747. The van der Waals surface area contributed by atoms with Crippen molar-refractivity contribution in [3.8, 4) is 0 Å². The van der Waals surface area contributed by atoms with Crippen molar-refractivity contribution in [2.75, 3.05) is 0 Å². The second-order valence-electron chi connectivity index (χ2n) is 5.54. The lowest BCUT2D eigenvalue weighted by Crippen LogP contribution is -2.35. The fourth-order valence-electron chi connectivity index (χ4n) is 1.56. The SMILES string of the molecule is Cc1nnc(Sc2ccc(Br)cc2CNC(C)(C)C)o1. The van der Waals surface area contributed by atoms with E-state index < -0.39 is 0 Å². The molecule has 1 heterocycles. The fourth-order valence-corrected chi connectivity index (χ4v) is 2.80. The van der Waals surface area contributed by atoms with Gasteiger partial charge in [-0.1, -0.05) is 15.9 Å². The van der Waals surface area contributed by atoms with Crippen molar-refractivity contribution < 1.29 is 4.42 Å². The number of benzene rings is 1. The highest BCUT2D eigenvalue weighted by Gasteiger charge is 2.13. The van der Waals surface area contributed by atoms with Gasteiger partial charge in [-0.15, -0.1) is 10.2 Å². The number of rotatable bonds is 4. The van der Waals surface area contributed by atoms with Gasteiger partial charge in [0, 0.05) is 28.4 Å². The Labute approximate surface area is 131 Å². The lowest BCUT2D eigenvalue weighted by molar-refractivity contribution is 0.421. The zero-order valence-electron chi connectivity index (χ0n) is 12.0. The first-order chi connectivity index (χ1) is 9.33. The molecule has 108 valence electrons. The molecule has 20 heavy (non-hydrogen) atoms. The maximum atomic E-state index is 5.43. The molecule has 1 aromatic heterocycles. The number of nitrogens with one attached hydrogen (secondary N) is 1. The lowest BCUT2D eigenvalue weighted by atomic mass is 10.1. The highest BCUT2D eigenvalue weighted by molar-refractivity contribution is 9.10. The van der Waals surface area contributed by atoms with E-state index in [1.54, 1.807) is 6.92 Å². The summed E-state index contributed by atoms with van der Waals surface area (Å²) in [6.07, 6.45) is 0. The van der Waals surface area contributed by atoms with Crippen molar-refractivity contribution in [2.24, 2.45) is 0 Å². The van der Waals surface area contributed by atoms with Crippen LogP contribution in [0, 0.1) is 6.92 Å². The Morgan fingerprint density at radius 1 is 1.30 bits per heavy atom. The van der Waals surface area contributed by atoms with Crippen LogP contribution in [0.25, 0.3) is 0 Å². The Hall–Kier alpha value is -0.850. The van der Waals surface area contributed by atoms with Gasteiger partial charge in [0.2, 0.25) is 5.89 Å². The minimum Gasteiger partial charge on any atom is -0.416 e. The standard InChI is InChI=1S/C14H18BrN3OS/c1-9-17-18-13(19-9)20-12-6-5-11(15)7-10(12)8-16-14(2,3)4/h5-7,16H,8H2,1-4H3. The van der Waals surface area contributed by atoms with E-state index >= 15 is 0 Å². The summed E-state index contributed by atoms with van der Waals surface area (Å²) in [7, 11) is 0. The molecule has 0 unspecified atom stereocenters. The van der Waals surface area contributed by atoms with Gasteiger partial charge >= 0.3 is 0 Å². The Morgan fingerprint density at radius 3 is 2.65 bits per heavy atom. The smallest absolute Gasteiger partial charge is 0.281 e. The summed E-state index contributed by atoms with van der Waals surface area (Å²) in [5.41, 5.74) is 1.28. The van der Waals surface area contributed by atoms with Gasteiger partial charge in [0.05, 0.1) is 0 Å². The highest BCUT2D eigenvalue weighted by atomic mass is 79.9. The monoisotopic (exact) mass is 355 g/mol. The van der Waals surface area contributed by atoms with Gasteiger partial charge in [-0.25, -0.2) is 0 Å². The molecule has 4 nitrogen and oxygen atoms in total. The average Bonchev–Trinajstić information content (AvgIpc) is 2.74. The summed E-state index contributed by atoms with van der Waals surface area (Å²) in [6, 6.07) is 6.20. The molecule has 0 aliphatic carbocycles. The van der Waals surface area contributed by atoms with E-state index in [0.717, 1.165) is 15.9 Å². The molecule has 0 spiro atoms.